The quantitative estimate of drug-likeness (QED) is 0.717. The van der Waals surface area contributed by atoms with Crippen LogP contribution in [0.25, 0.3) is 0 Å². The van der Waals surface area contributed by atoms with E-state index in [0.29, 0.717) is 0 Å². The maximum atomic E-state index is 11.6. The lowest BCUT2D eigenvalue weighted by atomic mass is 10.0. The third kappa shape index (κ3) is 2.94. The predicted octanol–water partition coefficient (Wildman–Crippen LogP) is 0.506. The number of hydrogen-bond donors (Lipinski definition) is 2. The lowest BCUT2D eigenvalue weighted by Crippen LogP contribution is -2.41. The summed E-state index contributed by atoms with van der Waals surface area (Å²) in [4.78, 5) is 11.6. The first-order chi connectivity index (χ1) is 7.15. The van der Waals surface area contributed by atoms with E-state index < -0.39 is 12.1 Å². The minimum absolute atomic E-state index is 0.175. The highest BCUT2D eigenvalue weighted by Crippen LogP contribution is 2.02. The molecule has 0 saturated carbocycles. The number of carbonyl (C=O) groups excluding carboxylic acids is 1. The van der Waals surface area contributed by atoms with Gasteiger partial charge < -0.3 is 10.8 Å². The van der Waals surface area contributed by atoms with Crippen LogP contribution < -0.4 is 5.73 Å². The van der Waals surface area contributed by atoms with Gasteiger partial charge in [-0.2, -0.15) is 0 Å². The monoisotopic (exact) mass is 194 g/mol. The van der Waals surface area contributed by atoms with Crippen LogP contribution in [0.5, 0.6) is 0 Å². The molecule has 0 aliphatic heterocycles. The van der Waals surface area contributed by atoms with E-state index in [2.05, 4.69) is 5.73 Å². The molecule has 0 aliphatic carbocycles. The zero-order chi connectivity index (χ0) is 11.3. The molecule has 76 valence electrons. The molecule has 0 radical (unpaired) electrons. The Bertz CT molecular complexity index is 314. The molecule has 0 spiro atoms. The topological polar surface area (TPSA) is 63.3 Å². The highest BCUT2D eigenvalue weighted by molar-refractivity contribution is 5.86. The first-order valence-corrected chi connectivity index (χ1v) is 4.57. The molecule has 0 aromatic heterocycles. The minimum atomic E-state index is -0.848. The molecule has 0 saturated heterocycles. The fraction of sp³-hybridized carbons (Fsp3) is 0.364. The van der Waals surface area contributed by atoms with Crippen molar-refractivity contribution in [3.8, 4) is 0 Å². The van der Waals surface area contributed by atoms with Crippen LogP contribution in [0, 0.1) is 0 Å². The minimum Gasteiger partial charge on any atom is -0.391 e. The van der Waals surface area contributed by atoms with Gasteiger partial charge in [0.2, 0.25) is 0 Å². The fourth-order valence-corrected chi connectivity index (χ4v) is 1.18. The smallest absolute Gasteiger partial charge is 0.156 e. The number of carbonyl (C=O) groups is 1. The van der Waals surface area contributed by atoms with Gasteiger partial charge in [-0.05, 0) is 12.5 Å². The normalized spacial score (nSPS) is 15.7. The Labute approximate surface area is 85.0 Å². The van der Waals surface area contributed by atoms with Crippen molar-refractivity contribution in [2.24, 2.45) is 5.73 Å². The molecule has 0 fully saturated rings. The maximum absolute atomic E-state index is 11.6. The standard InChI is InChI=1S/C11H15NO2/c1-8(13)11(12)10(14)7-9-5-3-2-4-6-9/h2-6,8,11,13H,7,12H2,1H3/t8-,11+/m1/s1/i/hD. The molecule has 0 bridgehead atoms. The van der Waals surface area contributed by atoms with E-state index in [1.165, 1.54) is 6.92 Å². The summed E-state index contributed by atoms with van der Waals surface area (Å²) in [6.45, 7) is 1.50. The largest absolute Gasteiger partial charge is 0.391 e. The van der Waals surface area contributed by atoms with Crippen molar-refractivity contribution in [1.29, 1.82) is 0 Å². The van der Waals surface area contributed by atoms with Crippen LogP contribution in [0.1, 0.15) is 12.5 Å². The van der Waals surface area contributed by atoms with Crippen molar-refractivity contribution in [3.63, 3.8) is 0 Å². The molecule has 14 heavy (non-hydrogen) atoms. The second-order valence-electron chi connectivity index (χ2n) is 3.35. The summed E-state index contributed by atoms with van der Waals surface area (Å²) < 4.78 is 6.96. The van der Waals surface area contributed by atoms with Crippen LogP contribution in [-0.4, -0.2) is 23.0 Å². The highest BCUT2D eigenvalue weighted by atomic mass is 16.3. The van der Waals surface area contributed by atoms with Gasteiger partial charge in [0.05, 0.1) is 12.1 Å². The molecule has 1 aromatic carbocycles. The van der Waals surface area contributed by atoms with E-state index in [-0.39, 0.29) is 12.2 Å². The second kappa shape index (κ2) is 4.88. The maximum Gasteiger partial charge on any atom is 0.156 e. The molecule has 0 unspecified atom stereocenters. The van der Waals surface area contributed by atoms with E-state index in [9.17, 15) is 9.90 Å². The summed E-state index contributed by atoms with van der Waals surface area (Å²) >= 11 is 0. The lowest BCUT2D eigenvalue weighted by Gasteiger charge is -2.12. The van der Waals surface area contributed by atoms with Gasteiger partial charge in [-0.15, -0.1) is 0 Å². The molecule has 0 heterocycles. The molecule has 3 heteroatoms. The number of rotatable bonds is 5. The third-order valence-corrected chi connectivity index (χ3v) is 2.05. The van der Waals surface area contributed by atoms with Crippen molar-refractivity contribution < 1.29 is 11.3 Å². The first-order valence-electron chi connectivity index (χ1n) is 5.07. The van der Waals surface area contributed by atoms with E-state index in [4.69, 9.17) is 1.41 Å². The van der Waals surface area contributed by atoms with Crippen molar-refractivity contribution in [1.82, 2.24) is 0 Å². The Morgan fingerprint density at radius 3 is 2.71 bits per heavy atom. The van der Waals surface area contributed by atoms with E-state index >= 15 is 0 Å². The fourth-order valence-electron chi connectivity index (χ4n) is 1.18. The number of Topliss-reactive ketones (excluding diaryl/α,β-unsaturated/α-hetero) is 1. The third-order valence-electron chi connectivity index (χ3n) is 2.05. The molecule has 3 nitrogen and oxygen atoms in total. The molecular formula is C11H15NO2. The summed E-state index contributed by atoms with van der Waals surface area (Å²) in [6.07, 6.45) is -0.610. The number of nitrogens with two attached hydrogens (primary N) is 1. The van der Waals surface area contributed by atoms with Gasteiger partial charge in [0, 0.05) is 6.42 Å². The summed E-state index contributed by atoms with van der Waals surface area (Å²) in [6, 6.07) is 8.47. The Balaban J connectivity index is 2.62. The Morgan fingerprint density at radius 1 is 1.57 bits per heavy atom. The number of benzene rings is 1. The zero-order valence-corrected chi connectivity index (χ0v) is 8.10. The average Bonchev–Trinajstić information content (AvgIpc) is 2.19. The Morgan fingerprint density at radius 2 is 2.21 bits per heavy atom. The van der Waals surface area contributed by atoms with E-state index in [0.717, 1.165) is 5.56 Å². The van der Waals surface area contributed by atoms with E-state index in [1.54, 1.807) is 0 Å². The highest BCUT2D eigenvalue weighted by Gasteiger charge is 2.18. The van der Waals surface area contributed by atoms with Crippen molar-refractivity contribution >= 4 is 5.78 Å². The van der Waals surface area contributed by atoms with E-state index in [1.807, 2.05) is 30.3 Å². The summed E-state index contributed by atoms with van der Waals surface area (Å²) in [5, 5.41) is 9.26. The average molecular weight is 194 g/mol. The number of aliphatic hydroxyl groups is 1. The number of ketones is 1. The number of aliphatic hydroxyl groups excluding tert-OH is 1. The SMILES string of the molecule is [2H]N[C@H](C(=O)Cc1ccccc1)[C@@H](C)O. The summed E-state index contributed by atoms with van der Waals surface area (Å²) in [5.41, 5.74) is 2.96. The van der Waals surface area contributed by atoms with Crippen LogP contribution >= 0.6 is 0 Å². The van der Waals surface area contributed by atoms with Gasteiger partial charge in [0.25, 0.3) is 0 Å². The lowest BCUT2D eigenvalue weighted by molar-refractivity contribution is -0.121. The molecular weight excluding hydrogens is 178 g/mol. The molecule has 1 rings (SSSR count). The zero-order valence-electron chi connectivity index (χ0n) is 9.10. The Hall–Kier alpha value is -1.19. The van der Waals surface area contributed by atoms with Gasteiger partial charge in [0.1, 0.15) is 1.41 Å². The van der Waals surface area contributed by atoms with Crippen LogP contribution in [-0.2, 0) is 11.2 Å². The molecule has 0 aliphatic rings. The summed E-state index contributed by atoms with van der Waals surface area (Å²) in [7, 11) is 0. The van der Waals surface area contributed by atoms with Gasteiger partial charge >= 0.3 is 0 Å². The van der Waals surface area contributed by atoms with Crippen LogP contribution in [0.3, 0.4) is 0 Å². The molecule has 1 aromatic rings. The Kier molecular flexibility index (Phi) is 3.27. The summed E-state index contributed by atoms with van der Waals surface area (Å²) in [5.74, 6) is -0.175. The van der Waals surface area contributed by atoms with Gasteiger partial charge in [0.15, 0.2) is 5.78 Å². The van der Waals surface area contributed by atoms with Crippen molar-refractivity contribution in [2.45, 2.75) is 25.5 Å². The van der Waals surface area contributed by atoms with Gasteiger partial charge in [-0.1, -0.05) is 30.3 Å². The predicted molar refractivity (Wildman–Crippen MR) is 54.8 cm³/mol. The van der Waals surface area contributed by atoms with Crippen LogP contribution in [0.2, 0.25) is 1.41 Å². The van der Waals surface area contributed by atoms with Crippen LogP contribution in [0.4, 0.5) is 0 Å². The van der Waals surface area contributed by atoms with Crippen molar-refractivity contribution in [2.75, 3.05) is 0 Å². The van der Waals surface area contributed by atoms with Gasteiger partial charge in [-0.25, -0.2) is 0 Å². The molecule has 2 atom stereocenters. The molecule has 0 amide bonds. The first kappa shape index (κ1) is 9.37. The second-order valence-corrected chi connectivity index (χ2v) is 3.35. The van der Waals surface area contributed by atoms with Crippen LogP contribution in [0.15, 0.2) is 30.3 Å². The van der Waals surface area contributed by atoms with Crippen molar-refractivity contribution in [3.05, 3.63) is 35.9 Å². The number of hydrogen-bond acceptors (Lipinski definition) is 3. The molecule has 3 N–H and O–H groups in total. The van der Waals surface area contributed by atoms with Gasteiger partial charge in [-0.3, -0.25) is 4.79 Å².